The Morgan fingerprint density at radius 3 is 2.83 bits per heavy atom. The number of benzene rings is 1. The van der Waals surface area contributed by atoms with Crippen molar-refractivity contribution in [2.75, 3.05) is 38.6 Å². The van der Waals surface area contributed by atoms with Gasteiger partial charge in [0.05, 0.1) is 0 Å². The van der Waals surface area contributed by atoms with Crippen molar-refractivity contribution in [1.82, 2.24) is 10.2 Å². The van der Waals surface area contributed by atoms with Crippen molar-refractivity contribution < 1.29 is 0 Å². The normalized spacial score (nSPS) is 25.4. The van der Waals surface area contributed by atoms with E-state index in [1.54, 1.807) is 0 Å². The minimum atomic E-state index is 0.515. The van der Waals surface area contributed by atoms with Crippen molar-refractivity contribution in [3.8, 4) is 0 Å². The summed E-state index contributed by atoms with van der Waals surface area (Å²) in [5.74, 6) is 0. The Hall–Kier alpha value is -0.770. The van der Waals surface area contributed by atoms with Crippen LogP contribution in [0.2, 0.25) is 5.02 Å². The fourth-order valence-corrected chi connectivity index (χ4v) is 2.87. The molecular weight excluding hydrogens is 246 g/mol. The molecule has 100 valence electrons. The molecule has 0 amide bonds. The van der Waals surface area contributed by atoms with Crippen molar-refractivity contribution in [1.29, 1.82) is 0 Å². The van der Waals surface area contributed by atoms with Crippen LogP contribution in [-0.2, 0) is 0 Å². The largest absolute Gasteiger partial charge is 0.366 e. The molecule has 2 atom stereocenters. The molecule has 0 spiro atoms. The molecule has 0 bridgehead atoms. The highest BCUT2D eigenvalue weighted by Gasteiger charge is 2.28. The van der Waals surface area contributed by atoms with Gasteiger partial charge in [0.15, 0.2) is 0 Å². The Morgan fingerprint density at radius 2 is 2.17 bits per heavy atom. The van der Waals surface area contributed by atoms with Gasteiger partial charge in [-0.1, -0.05) is 17.7 Å². The first-order chi connectivity index (χ1) is 8.61. The fraction of sp³-hybridized carbons (Fsp3) is 0.571. The zero-order valence-electron chi connectivity index (χ0n) is 11.4. The number of nitrogens with one attached hydrogen (secondary N) is 1. The summed E-state index contributed by atoms with van der Waals surface area (Å²) in [6.45, 7) is 5.41. The summed E-state index contributed by atoms with van der Waals surface area (Å²) in [5, 5.41) is 4.08. The second kappa shape index (κ2) is 5.91. The molecule has 1 fully saturated rings. The molecule has 1 N–H and O–H groups in total. The van der Waals surface area contributed by atoms with Crippen LogP contribution in [0, 0.1) is 0 Å². The Labute approximate surface area is 115 Å². The summed E-state index contributed by atoms with van der Waals surface area (Å²) in [6, 6.07) is 9.21. The van der Waals surface area contributed by atoms with E-state index in [-0.39, 0.29) is 0 Å². The maximum absolute atomic E-state index is 6.09. The van der Waals surface area contributed by atoms with Crippen molar-refractivity contribution in [3.05, 3.63) is 29.3 Å². The highest BCUT2D eigenvalue weighted by molar-refractivity contribution is 6.30. The Balaban J connectivity index is 2.16. The second-order valence-corrected chi connectivity index (χ2v) is 5.57. The average Bonchev–Trinajstić information content (AvgIpc) is 2.33. The first-order valence-corrected chi connectivity index (χ1v) is 6.86. The summed E-state index contributed by atoms with van der Waals surface area (Å²) >= 11 is 6.09. The van der Waals surface area contributed by atoms with Crippen LogP contribution in [0.3, 0.4) is 0 Å². The number of likely N-dealkylation sites (N-methyl/N-ethyl adjacent to an activating group) is 2. The van der Waals surface area contributed by atoms with E-state index in [1.165, 1.54) is 5.69 Å². The maximum atomic E-state index is 6.09. The number of anilines is 1. The minimum Gasteiger partial charge on any atom is -0.366 e. The lowest BCUT2D eigenvalue weighted by Gasteiger charge is -2.45. The minimum absolute atomic E-state index is 0.515. The molecule has 0 radical (unpaired) electrons. The van der Waals surface area contributed by atoms with Gasteiger partial charge in [-0.2, -0.15) is 0 Å². The molecule has 0 aliphatic carbocycles. The van der Waals surface area contributed by atoms with Crippen LogP contribution in [0.25, 0.3) is 0 Å². The third-order valence-corrected chi connectivity index (χ3v) is 3.93. The molecule has 1 heterocycles. The molecule has 1 saturated heterocycles. The molecule has 2 unspecified atom stereocenters. The van der Waals surface area contributed by atoms with Crippen molar-refractivity contribution >= 4 is 17.3 Å². The highest BCUT2D eigenvalue weighted by Crippen LogP contribution is 2.25. The molecule has 1 aromatic rings. The average molecular weight is 268 g/mol. The van der Waals surface area contributed by atoms with Crippen molar-refractivity contribution in [2.24, 2.45) is 0 Å². The van der Waals surface area contributed by atoms with Gasteiger partial charge in [0.2, 0.25) is 0 Å². The predicted octanol–water partition coefficient (Wildman–Crippen LogP) is 2.07. The molecule has 3 nitrogen and oxygen atoms in total. The third kappa shape index (κ3) is 2.97. The molecular formula is C14H22ClN3. The molecule has 4 heteroatoms. The van der Waals surface area contributed by atoms with Gasteiger partial charge >= 0.3 is 0 Å². The first-order valence-electron chi connectivity index (χ1n) is 6.49. The van der Waals surface area contributed by atoms with Gasteiger partial charge in [-0.25, -0.2) is 0 Å². The van der Waals surface area contributed by atoms with Crippen LogP contribution in [0.5, 0.6) is 0 Å². The van der Waals surface area contributed by atoms with Gasteiger partial charge < -0.3 is 10.2 Å². The Morgan fingerprint density at radius 1 is 1.39 bits per heavy atom. The zero-order chi connectivity index (χ0) is 13.1. The lowest BCUT2D eigenvalue weighted by molar-refractivity contribution is 0.190. The summed E-state index contributed by atoms with van der Waals surface area (Å²) in [4.78, 5) is 4.89. The van der Waals surface area contributed by atoms with Crippen LogP contribution in [0.4, 0.5) is 5.69 Å². The van der Waals surface area contributed by atoms with E-state index in [0.717, 1.165) is 24.7 Å². The molecule has 1 aliphatic heterocycles. The van der Waals surface area contributed by atoms with Crippen molar-refractivity contribution in [2.45, 2.75) is 19.0 Å². The molecule has 0 aromatic heterocycles. The smallest absolute Gasteiger partial charge is 0.0426 e. The van der Waals surface area contributed by atoms with Gasteiger partial charge in [0.1, 0.15) is 0 Å². The van der Waals surface area contributed by atoms with E-state index < -0.39 is 0 Å². The third-order valence-electron chi connectivity index (χ3n) is 3.69. The van der Waals surface area contributed by atoms with E-state index in [4.69, 9.17) is 11.6 Å². The molecule has 1 aliphatic rings. The van der Waals surface area contributed by atoms with E-state index in [1.807, 2.05) is 19.2 Å². The lowest BCUT2D eigenvalue weighted by atomic mass is 10.1. The van der Waals surface area contributed by atoms with E-state index in [9.17, 15) is 0 Å². The predicted molar refractivity (Wildman–Crippen MR) is 78.6 cm³/mol. The van der Waals surface area contributed by atoms with E-state index >= 15 is 0 Å². The maximum Gasteiger partial charge on any atom is 0.0426 e. The van der Waals surface area contributed by atoms with E-state index in [2.05, 4.69) is 41.2 Å². The molecule has 2 rings (SSSR count). The van der Waals surface area contributed by atoms with Gasteiger partial charge in [-0.15, -0.1) is 0 Å². The number of piperazine rings is 1. The summed E-state index contributed by atoms with van der Waals surface area (Å²) < 4.78 is 0. The van der Waals surface area contributed by atoms with Gasteiger partial charge in [-0.3, -0.25) is 4.90 Å². The van der Waals surface area contributed by atoms with Gasteiger partial charge in [0, 0.05) is 42.4 Å². The number of halogens is 1. The van der Waals surface area contributed by atoms with Crippen LogP contribution in [-0.4, -0.2) is 50.7 Å². The number of hydrogen-bond donors (Lipinski definition) is 1. The number of hydrogen-bond acceptors (Lipinski definition) is 3. The number of nitrogens with zero attached hydrogens (tertiary/aromatic N) is 2. The van der Waals surface area contributed by atoms with Crippen LogP contribution in [0.15, 0.2) is 24.3 Å². The van der Waals surface area contributed by atoms with E-state index in [0.29, 0.717) is 12.1 Å². The van der Waals surface area contributed by atoms with Crippen molar-refractivity contribution in [3.63, 3.8) is 0 Å². The quantitative estimate of drug-likeness (QED) is 0.905. The zero-order valence-corrected chi connectivity index (χ0v) is 12.1. The van der Waals surface area contributed by atoms with Crippen LogP contribution in [0.1, 0.15) is 6.92 Å². The van der Waals surface area contributed by atoms with Crippen LogP contribution >= 0.6 is 11.6 Å². The monoisotopic (exact) mass is 267 g/mol. The Bertz CT molecular complexity index is 396. The highest BCUT2D eigenvalue weighted by atomic mass is 35.5. The van der Waals surface area contributed by atoms with Gasteiger partial charge in [-0.05, 0) is 39.2 Å². The topological polar surface area (TPSA) is 18.5 Å². The standard InChI is InChI=1S/C14H22ClN3/c1-11-9-17(3)14(8-16-2)10-18(11)13-6-4-5-12(15)7-13/h4-7,11,14,16H,8-10H2,1-3H3. The molecule has 18 heavy (non-hydrogen) atoms. The summed E-state index contributed by atoms with van der Waals surface area (Å²) in [6.07, 6.45) is 0. The Kier molecular flexibility index (Phi) is 4.49. The number of rotatable bonds is 3. The first kappa shape index (κ1) is 13.7. The second-order valence-electron chi connectivity index (χ2n) is 5.13. The molecule has 0 saturated carbocycles. The lowest BCUT2D eigenvalue weighted by Crippen LogP contribution is -2.58. The van der Waals surface area contributed by atoms with Crippen LogP contribution < -0.4 is 10.2 Å². The summed E-state index contributed by atoms with van der Waals surface area (Å²) in [7, 11) is 4.21. The molecule has 1 aromatic carbocycles. The summed E-state index contributed by atoms with van der Waals surface area (Å²) in [5.41, 5.74) is 1.23. The SMILES string of the molecule is CNCC1CN(c2cccc(Cl)c2)C(C)CN1C. The van der Waals surface area contributed by atoms with Gasteiger partial charge in [0.25, 0.3) is 0 Å². The fourth-order valence-electron chi connectivity index (χ4n) is 2.68.